The van der Waals surface area contributed by atoms with Crippen molar-refractivity contribution < 1.29 is 4.79 Å². The highest BCUT2D eigenvalue weighted by atomic mass is 16.2. The number of likely N-dealkylation sites (N-methyl/N-ethyl adjacent to an activating group) is 2. The first-order valence-corrected chi connectivity index (χ1v) is 7.72. The lowest BCUT2D eigenvalue weighted by atomic mass is 9.81. The van der Waals surface area contributed by atoms with Crippen LogP contribution < -0.4 is 10.6 Å². The number of nitrogens with two attached hydrogens (primary N) is 1. The van der Waals surface area contributed by atoms with E-state index in [0.29, 0.717) is 13.1 Å². The monoisotopic (exact) mass is 291 g/mol. The largest absolute Gasteiger partial charge is 0.373 e. The molecule has 0 unspecified atom stereocenters. The molecule has 0 saturated carbocycles. The summed E-state index contributed by atoms with van der Waals surface area (Å²) < 4.78 is 0. The average Bonchev–Trinajstić information content (AvgIpc) is 2.55. The maximum atomic E-state index is 12.6. The second-order valence-corrected chi connectivity index (χ2v) is 5.68. The van der Waals surface area contributed by atoms with Gasteiger partial charge in [0.25, 0.3) is 0 Å². The smallest absolute Gasteiger partial charge is 0.229 e. The molecule has 21 heavy (non-hydrogen) atoms. The summed E-state index contributed by atoms with van der Waals surface area (Å²) in [4.78, 5) is 16.6. The minimum Gasteiger partial charge on any atom is -0.373 e. The fraction of sp³-hybridized carbons (Fsp3) is 0.588. The molecule has 0 fully saturated rings. The van der Waals surface area contributed by atoms with Gasteiger partial charge in [-0.2, -0.15) is 0 Å². The highest BCUT2D eigenvalue weighted by Gasteiger charge is 2.35. The third kappa shape index (κ3) is 4.21. The van der Waals surface area contributed by atoms with Crippen LogP contribution in [-0.4, -0.2) is 44.5 Å². The predicted molar refractivity (Wildman–Crippen MR) is 89.4 cm³/mol. The third-order valence-electron chi connectivity index (χ3n) is 4.51. The van der Waals surface area contributed by atoms with Crippen molar-refractivity contribution in [1.82, 2.24) is 4.90 Å². The van der Waals surface area contributed by atoms with E-state index in [1.807, 2.05) is 51.0 Å². The van der Waals surface area contributed by atoms with Crippen molar-refractivity contribution in [3.8, 4) is 0 Å². The standard InChI is InChI=1S/C17H29N3O/c1-5-17(6-2,14-18)16(21)20(4)13-12-19(3)15-10-8-7-9-11-15/h7-11H,5-6,12-14,18H2,1-4H3. The number of nitrogens with zero attached hydrogens (tertiary/aromatic N) is 2. The van der Waals surface area contributed by atoms with Crippen molar-refractivity contribution in [2.24, 2.45) is 11.1 Å². The molecule has 0 aliphatic heterocycles. The number of carbonyl (C=O) groups is 1. The molecule has 0 spiro atoms. The van der Waals surface area contributed by atoms with E-state index in [2.05, 4.69) is 17.0 Å². The molecule has 1 aromatic rings. The Hall–Kier alpha value is -1.55. The van der Waals surface area contributed by atoms with E-state index in [4.69, 9.17) is 5.73 Å². The normalized spacial score (nSPS) is 11.3. The molecule has 0 aromatic heterocycles. The first-order valence-electron chi connectivity index (χ1n) is 7.72. The SMILES string of the molecule is CCC(CC)(CN)C(=O)N(C)CCN(C)c1ccccc1. The van der Waals surface area contributed by atoms with Crippen molar-refractivity contribution >= 4 is 11.6 Å². The van der Waals surface area contributed by atoms with Crippen LogP contribution in [0.5, 0.6) is 0 Å². The number of anilines is 1. The molecule has 0 saturated heterocycles. The minimum absolute atomic E-state index is 0.163. The first-order chi connectivity index (χ1) is 10.0. The molecule has 0 heterocycles. The summed E-state index contributed by atoms with van der Waals surface area (Å²) in [7, 11) is 3.92. The highest BCUT2D eigenvalue weighted by Crippen LogP contribution is 2.27. The van der Waals surface area contributed by atoms with E-state index in [9.17, 15) is 4.79 Å². The van der Waals surface area contributed by atoms with Crippen LogP contribution in [0, 0.1) is 5.41 Å². The van der Waals surface area contributed by atoms with Gasteiger partial charge >= 0.3 is 0 Å². The average molecular weight is 291 g/mol. The fourth-order valence-corrected chi connectivity index (χ4v) is 2.55. The molecule has 2 N–H and O–H groups in total. The number of hydrogen-bond acceptors (Lipinski definition) is 3. The van der Waals surface area contributed by atoms with Crippen LogP contribution in [0.2, 0.25) is 0 Å². The highest BCUT2D eigenvalue weighted by molar-refractivity contribution is 5.82. The van der Waals surface area contributed by atoms with Gasteiger partial charge in [-0.3, -0.25) is 4.79 Å². The molecule has 0 aliphatic carbocycles. The summed E-state index contributed by atoms with van der Waals surface area (Å²) in [6, 6.07) is 10.2. The fourth-order valence-electron chi connectivity index (χ4n) is 2.55. The Morgan fingerprint density at radius 2 is 1.67 bits per heavy atom. The van der Waals surface area contributed by atoms with E-state index in [1.54, 1.807) is 0 Å². The van der Waals surface area contributed by atoms with Gasteiger partial charge in [0.2, 0.25) is 5.91 Å². The van der Waals surface area contributed by atoms with Crippen molar-refractivity contribution in [2.75, 3.05) is 38.6 Å². The van der Waals surface area contributed by atoms with Crippen molar-refractivity contribution in [3.63, 3.8) is 0 Å². The Morgan fingerprint density at radius 3 is 2.14 bits per heavy atom. The Morgan fingerprint density at radius 1 is 1.10 bits per heavy atom. The lowest BCUT2D eigenvalue weighted by molar-refractivity contribution is -0.140. The zero-order valence-corrected chi connectivity index (χ0v) is 13.8. The lowest BCUT2D eigenvalue weighted by Crippen LogP contribution is -2.47. The molecule has 4 nitrogen and oxygen atoms in total. The number of hydrogen-bond donors (Lipinski definition) is 1. The van der Waals surface area contributed by atoms with Crippen LogP contribution in [0.1, 0.15) is 26.7 Å². The van der Waals surface area contributed by atoms with Crippen molar-refractivity contribution in [3.05, 3.63) is 30.3 Å². The van der Waals surface area contributed by atoms with Gasteiger partial charge in [0.05, 0.1) is 5.41 Å². The number of carbonyl (C=O) groups excluding carboxylic acids is 1. The van der Waals surface area contributed by atoms with Gasteiger partial charge in [0, 0.05) is 39.4 Å². The van der Waals surface area contributed by atoms with Gasteiger partial charge in [-0.1, -0.05) is 32.0 Å². The van der Waals surface area contributed by atoms with Crippen LogP contribution in [0.15, 0.2) is 30.3 Å². The molecule has 0 bridgehead atoms. The Labute approximate surface area is 128 Å². The molecule has 1 amide bonds. The maximum Gasteiger partial charge on any atom is 0.229 e. The summed E-state index contributed by atoms with van der Waals surface area (Å²) in [5.41, 5.74) is 6.62. The Bertz CT molecular complexity index is 421. The Balaban J connectivity index is 2.61. The second-order valence-electron chi connectivity index (χ2n) is 5.68. The summed E-state index contributed by atoms with van der Waals surface area (Å²) in [5, 5.41) is 0. The van der Waals surface area contributed by atoms with Gasteiger partial charge in [-0.25, -0.2) is 0 Å². The molecule has 0 atom stereocenters. The van der Waals surface area contributed by atoms with Crippen molar-refractivity contribution in [2.45, 2.75) is 26.7 Å². The van der Waals surface area contributed by atoms with Crippen LogP contribution in [0.25, 0.3) is 0 Å². The van der Waals surface area contributed by atoms with Crippen LogP contribution in [-0.2, 0) is 4.79 Å². The number of benzene rings is 1. The molecular formula is C17H29N3O. The van der Waals surface area contributed by atoms with Crippen molar-refractivity contribution in [1.29, 1.82) is 0 Å². The zero-order valence-electron chi connectivity index (χ0n) is 13.8. The quantitative estimate of drug-likeness (QED) is 0.800. The predicted octanol–water partition coefficient (Wildman–Crippen LogP) is 2.35. The van der Waals surface area contributed by atoms with E-state index in [1.165, 1.54) is 0 Å². The summed E-state index contributed by atoms with van der Waals surface area (Å²) in [5.74, 6) is 0.163. The van der Waals surface area contributed by atoms with E-state index in [-0.39, 0.29) is 5.91 Å². The molecule has 1 aromatic carbocycles. The second kappa shape index (κ2) is 8.03. The molecule has 4 heteroatoms. The number of rotatable bonds is 8. The zero-order chi connectivity index (χ0) is 15.9. The van der Waals surface area contributed by atoms with E-state index in [0.717, 1.165) is 25.1 Å². The molecule has 118 valence electrons. The summed E-state index contributed by atoms with van der Waals surface area (Å²) in [6.45, 7) is 6.00. The van der Waals surface area contributed by atoms with Crippen LogP contribution >= 0.6 is 0 Å². The lowest BCUT2D eigenvalue weighted by Gasteiger charge is -2.34. The van der Waals surface area contributed by atoms with Gasteiger partial charge in [0.1, 0.15) is 0 Å². The summed E-state index contributed by atoms with van der Waals surface area (Å²) in [6.07, 6.45) is 1.58. The van der Waals surface area contributed by atoms with Crippen LogP contribution in [0.3, 0.4) is 0 Å². The maximum absolute atomic E-state index is 12.6. The van der Waals surface area contributed by atoms with Gasteiger partial charge in [-0.15, -0.1) is 0 Å². The molecular weight excluding hydrogens is 262 g/mol. The van der Waals surface area contributed by atoms with Gasteiger partial charge < -0.3 is 15.5 Å². The summed E-state index contributed by atoms with van der Waals surface area (Å²) >= 11 is 0. The molecule has 0 aliphatic rings. The van der Waals surface area contributed by atoms with E-state index < -0.39 is 5.41 Å². The van der Waals surface area contributed by atoms with E-state index >= 15 is 0 Å². The number of para-hydroxylation sites is 1. The topological polar surface area (TPSA) is 49.6 Å². The van der Waals surface area contributed by atoms with Gasteiger partial charge in [-0.05, 0) is 25.0 Å². The number of amides is 1. The molecule has 0 radical (unpaired) electrons. The minimum atomic E-state index is -0.403. The Kier molecular flexibility index (Phi) is 6.69. The first kappa shape index (κ1) is 17.5. The van der Waals surface area contributed by atoms with Gasteiger partial charge in [0.15, 0.2) is 0 Å². The molecule has 1 rings (SSSR count). The van der Waals surface area contributed by atoms with Crippen LogP contribution in [0.4, 0.5) is 5.69 Å². The third-order valence-corrected chi connectivity index (χ3v) is 4.51.